The molecule has 4 aromatic rings. The van der Waals surface area contributed by atoms with Crippen molar-refractivity contribution in [1.29, 1.82) is 0 Å². The van der Waals surface area contributed by atoms with E-state index in [1.54, 1.807) is 36.4 Å². The Morgan fingerprint density at radius 3 is 2.51 bits per heavy atom. The molecule has 2 aromatic carbocycles. The Kier molecular flexibility index (Phi) is 5.94. The average molecular weight is 489 g/mol. The Balaban J connectivity index is 1.48. The fourth-order valence-electron chi connectivity index (χ4n) is 3.78. The smallest absolute Gasteiger partial charge is 0.274 e. The Bertz CT molecular complexity index is 1420. The maximum atomic E-state index is 13.3. The number of halogens is 1. The first-order valence-electron chi connectivity index (χ1n) is 10.9. The van der Waals surface area contributed by atoms with Gasteiger partial charge in [-0.1, -0.05) is 41.9 Å². The molecular weight excluding hydrogens is 468 g/mol. The second-order valence-corrected chi connectivity index (χ2v) is 8.53. The molecule has 1 saturated heterocycles. The SMILES string of the molecule is Nc1cccc(-c2ccc(Cl)c(C(=O)Nc3cc(C(=O)N4CC(O)C4)nn3-c3ccccc3)c2)n1. The van der Waals surface area contributed by atoms with Gasteiger partial charge in [-0.25, -0.2) is 9.67 Å². The molecule has 0 unspecified atom stereocenters. The van der Waals surface area contributed by atoms with Crippen LogP contribution in [0.15, 0.2) is 72.8 Å². The van der Waals surface area contributed by atoms with Crippen molar-refractivity contribution in [1.82, 2.24) is 19.7 Å². The van der Waals surface area contributed by atoms with E-state index >= 15 is 0 Å². The van der Waals surface area contributed by atoms with Crippen molar-refractivity contribution in [3.05, 3.63) is 89.1 Å². The van der Waals surface area contributed by atoms with Crippen molar-refractivity contribution in [2.24, 2.45) is 0 Å². The molecule has 176 valence electrons. The van der Waals surface area contributed by atoms with Crippen LogP contribution < -0.4 is 11.1 Å². The van der Waals surface area contributed by atoms with Crippen LogP contribution in [-0.2, 0) is 0 Å². The molecule has 0 bridgehead atoms. The van der Waals surface area contributed by atoms with Crippen molar-refractivity contribution in [2.45, 2.75) is 6.10 Å². The highest BCUT2D eigenvalue weighted by Gasteiger charge is 2.31. The van der Waals surface area contributed by atoms with Crippen molar-refractivity contribution in [3.63, 3.8) is 0 Å². The van der Waals surface area contributed by atoms with Crippen LogP contribution >= 0.6 is 11.6 Å². The third kappa shape index (κ3) is 4.59. The number of amides is 2. The molecule has 2 amide bonds. The lowest BCUT2D eigenvalue weighted by atomic mass is 10.1. The minimum atomic E-state index is -0.529. The van der Waals surface area contributed by atoms with Crippen molar-refractivity contribution < 1.29 is 14.7 Å². The Morgan fingerprint density at radius 2 is 1.80 bits per heavy atom. The van der Waals surface area contributed by atoms with Gasteiger partial charge in [0, 0.05) is 24.7 Å². The quantitative estimate of drug-likeness (QED) is 0.396. The fraction of sp³-hybridized carbons (Fsp3) is 0.120. The normalized spacial score (nSPS) is 13.4. The van der Waals surface area contributed by atoms with Gasteiger partial charge >= 0.3 is 0 Å². The standard InChI is InChI=1S/C25H21ClN6O3/c26-19-10-9-15(20-7-4-8-22(27)28-20)11-18(19)24(34)29-23-12-21(25(35)31-13-17(33)14-31)30-32(23)16-5-2-1-3-6-16/h1-12,17,33H,13-14H2,(H2,27,28)(H,29,34). The molecule has 0 radical (unpaired) electrons. The first-order valence-corrected chi connectivity index (χ1v) is 11.2. The Labute approximate surface area is 205 Å². The molecular formula is C25H21ClN6O3. The van der Waals surface area contributed by atoms with Gasteiger partial charge in [-0.05, 0) is 36.4 Å². The molecule has 3 heterocycles. The molecule has 1 aliphatic rings. The van der Waals surface area contributed by atoms with E-state index in [1.165, 1.54) is 15.6 Å². The molecule has 1 aliphatic heterocycles. The van der Waals surface area contributed by atoms with Crippen LogP contribution in [0, 0.1) is 0 Å². The zero-order chi connectivity index (χ0) is 24.5. The summed E-state index contributed by atoms with van der Waals surface area (Å²) in [4.78, 5) is 31.9. The van der Waals surface area contributed by atoms with E-state index in [2.05, 4.69) is 15.4 Å². The van der Waals surface area contributed by atoms with E-state index in [-0.39, 0.29) is 35.3 Å². The predicted octanol–water partition coefficient (Wildman–Crippen LogP) is 3.24. The van der Waals surface area contributed by atoms with Crippen LogP contribution in [0.4, 0.5) is 11.6 Å². The molecule has 0 spiro atoms. The number of nitrogen functional groups attached to an aromatic ring is 1. The summed E-state index contributed by atoms with van der Waals surface area (Å²) < 4.78 is 1.48. The monoisotopic (exact) mass is 488 g/mol. The summed E-state index contributed by atoms with van der Waals surface area (Å²) in [5, 5.41) is 17.1. The van der Waals surface area contributed by atoms with Crippen LogP contribution in [0.5, 0.6) is 0 Å². The fourth-order valence-corrected chi connectivity index (χ4v) is 3.98. The van der Waals surface area contributed by atoms with E-state index < -0.39 is 12.0 Å². The number of aliphatic hydroxyl groups excluding tert-OH is 1. The third-order valence-electron chi connectivity index (χ3n) is 5.60. The van der Waals surface area contributed by atoms with Gasteiger partial charge in [0.2, 0.25) is 0 Å². The highest BCUT2D eigenvalue weighted by Crippen LogP contribution is 2.27. The number of nitrogens with zero attached hydrogens (tertiary/aromatic N) is 4. The second-order valence-electron chi connectivity index (χ2n) is 8.12. The number of carbonyl (C=O) groups excluding carboxylic acids is 2. The largest absolute Gasteiger partial charge is 0.389 e. The van der Waals surface area contributed by atoms with E-state index in [1.807, 2.05) is 30.3 Å². The molecule has 0 saturated carbocycles. The number of likely N-dealkylation sites (tertiary alicyclic amines) is 1. The van der Waals surface area contributed by atoms with Gasteiger partial charge in [0.1, 0.15) is 11.6 Å². The van der Waals surface area contributed by atoms with Crippen molar-refractivity contribution in [3.8, 4) is 16.9 Å². The van der Waals surface area contributed by atoms with E-state index in [9.17, 15) is 14.7 Å². The van der Waals surface area contributed by atoms with Gasteiger partial charge in [-0.2, -0.15) is 5.10 Å². The van der Waals surface area contributed by atoms with Crippen LogP contribution in [0.3, 0.4) is 0 Å². The maximum Gasteiger partial charge on any atom is 0.274 e. The number of anilines is 2. The molecule has 1 fully saturated rings. The molecule has 5 rings (SSSR count). The summed E-state index contributed by atoms with van der Waals surface area (Å²) in [6, 6.07) is 20.9. The zero-order valence-corrected chi connectivity index (χ0v) is 19.2. The molecule has 4 N–H and O–H groups in total. The van der Waals surface area contributed by atoms with Crippen LogP contribution in [0.2, 0.25) is 5.02 Å². The number of carbonyl (C=O) groups is 2. The van der Waals surface area contributed by atoms with Gasteiger partial charge in [0.15, 0.2) is 5.69 Å². The number of nitrogens with one attached hydrogen (secondary N) is 1. The summed E-state index contributed by atoms with van der Waals surface area (Å²) >= 11 is 6.36. The van der Waals surface area contributed by atoms with E-state index in [0.29, 0.717) is 28.6 Å². The summed E-state index contributed by atoms with van der Waals surface area (Å²) in [6.07, 6.45) is -0.529. The summed E-state index contributed by atoms with van der Waals surface area (Å²) in [5.74, 6) is -0.138. The molecule has 10 heteroatoms. The predicted molar refractivity (Wildman–Crippen MR) is 133 cm³/mol. The van der Waals surface area contributed by atoms with Crippen LogP contribution in [0.25, 0.3) is 16.9 Å². The van der Waals surface area contributed by atoms with Gasteiger partial charge in [0.25, 0.3) is 11.8 Å². The lowest BCUT2D eigenvalue weighted by molar-refractivity contribution is 0.00547. The van der Waals surface area contributed by atoms with Gasteiger partial charge in [-0.15, -0.1) is 0 Å². The minimum absolute atomic E-state index is 0.153. The van der Waals surface area contributed by atoms with Crippen molar-refractivity contribution >= 4 is 35.1 Å². The number of pyridine rings is 1. The summed E-state index contributed by atoms with van der Waals surface area (Å²) in [5.41, 5.74) is 8.12. The topological polar surface area (TPSA) is 126 Å². The molecule has 35 heavy (non-hydrogen) atoms. The highest BCUT2D eigenvalue weighted by atomic mass is 35.5. The number of rotatable bonds is 5. The summed E-state index contributed by atoms with van der Waals surface area (Å²) in [7, 11) is 0. The number of nitrogens with two attached hydrogens (primary N) is 1. The second kappa shape index (κ2) is 9.21. The van der Waals surface area contributed by atoms with E-state index in [4.69, 9.17) is 17.3 Å². The maximum absolute atomic E-state index is 13.3. The number of hydrogen-bond donors (Lipinski definition) is 3. The lowest BCUT2D eigenvalue weighted by Crippen LogP contribution is -2.53. The lowest BCUT2D eigenvalue weighted by Gasteiger charge is -2.35. The minimum Gasteiger partial charge on any atom is -0.389 e. The van der Waals surface area contributed by atoms with Gasteiger partial charge in [0.05, 0.1) is 28.1 Å². The number of β-amino-alcohol motifs (C(OH)–C–C–N with tert-alkyl or cyclic N) is 1. The zero-order valence-electron chi connectivity index (χ0n) is 18.4. The van der Waals surface area contributed by atoms with Gasteiger partial charge < -0.3 is 21.1 Å². The Morgan fingerprint density at radius 1 is 1.03 bits per heavy atom. The molecule has 0 atom stereocenters. The highest BCUT2D eigenvalue weighted by molar-refractivity contribution is 6.34. The summed E-state index contributed by atoms with van der Waals surface area (Å²) in [6.45, 7) is 0.498. The molecule has 9 nitrogen and oxygen atoms in total. The van der Waals surface area contributed by atoms with Crippen LogP contribution in [0.1, 0.15) is 20.8 Å². The first kappa shape index (κ1) is 22.6. The van der Waals surface area contributed by atoms with Gasteiger partial charge in [-0.3, -0.25) is 9.59 Å². The third-order valence-corrected chi connectivity index (χ3v) is 5.93. The molecule has 0 aliphatic carbocycles. The van der Waals surface area contributed by atoms with Crippen LogP contribution in [-0.4, -0.2) is 55.8 Å². The number of aliphatic hydroxyl groups is 1. The Hall–Kier alpha value is -4.21. The van der Waals surface area contributed by atoms with E-state index in [0.717, 1.165) is 0 Å². The number of aromatic nitrogens is 3. The number of benzene rings is 2. The van der Waals surface area contributed by atoms with Crippen molar-refractivity contribution in [2.75, 3.05) is 24.1 Å². The number of hydrogen-bond acceptors (Lipinski definition) is 6. The molecule has 2 aromatic heterocycles. The average Bonchev–Trinajstić information content (AvgIpc) is 3.26. The first-order chi connectivity index (χ1) is 16.9. The number of para-hydroxylation sites is 1.